The molecule has 2 rings (SSSR count). The molecule has 5 heteroatoms. The molecule has 18 heavy (non-hydrogen) atoms. The topological polar surface area (TPSA) is 63.2 Å². The number of rotatable bonds is 3. The Bertz CT molecular complexity index is 539. The van der Waals surface area contributed by atoms with Gasteiger partial charge in [-0.2, -0.15) is 0 Å². The lowest BCUT2D eigenvalue weighted by Gasteiger charge is -2.09. The number of benzene rings is 1. The maximum absolute atomic E-state index is 12.0. The van der Waals surface area contributed by atoms with Crippen molar-refractivity contribution in [3.05, 3.63) is 34.3 Å². The lowest BCUT2D eigenvalue weighted by Crippen LogP contribution is -2.42. The summed E-state index contributed by atoms with van der Waals surface area (Å²) in [5, 5.41) is 2.95. The van der Waals surface area contributed by atoms with E-state index in [9.17, 15) is 14.4 Å². The van der Waals surface area contributed by atoms with Crippen LogP contribution in [0.3, 0.4) is 0 Å². The van der Waals surface area contributed by atoms with Crippen molar-refractivity contribution in [2.24, 2.45) is 0 Å². The highest BCUT2D eigenvalue weighted by molar-refractivity contribution is 6.36. The lowest BCUT2D eigenvalue weighted by atomic mass is 10.1. The smallest absolute Gasteiger partial charge is 0.287 e. The second-order valence-electron chi connectivity index (χ2n) is 4.17. The Kier molecular flexibility index (Phi) is 3.48. The van der Waals surface area contributed by atoms with Crippen LogP contribution in [0.4, 0.5) is 0 Å². The fourth-order valence-electron chi connectivity index (χ4n) is 1.97. The van der Waals surface area contributed by atoms with Gasteiger partial charge in [-0.1, -0.05) is 24.6 Å². The number of amides is 1. The van der Waals surface area contributed by atoms with E-state index in [1.807, 2.05) is 0 Å². The molecule has 1 atom stereocenters. The Labute approximate surface area is 109 Å². The van der Waals surface area contributed by atoms with Gasteiger partial charge < -0.3 is 5.32 Å². The van der Waals surface area contributed by atoms with Gasteiger partial charge in [0.05, 0.1) is 6.04 Å². The SMILES string of the molecule is CCC(=O)C(=O)NC1Cc2ccc(Cl)cc2C1=O. The zero-order valence-electron chi connectivity index (χ0n) is 9.83. The summed E-state index contributed by atoms with van der Waals surface area (Å²) in [4.78, 5) is 34.7. The fraction of sp³-hybridized carbons (Fsp3) is 0.308. The summed E-state index contributed by atoms with van der Waals surface area (Å²) in [6.07, 6.45) is 0.541. The zero-order valence-corrected chi connectivity index (χ0v) is 10.6. The largest absolute Gasteiger partial charge is 0.339 e. The molecule has 1 aromatic rings. The molecule has 1 unspecified atom stereocenters. The predicted octanol–water partition coefficient (Wildman–Crippen LogP) is 1.54. The average Bonchev–Trinajstić information content (AvgIpc) is 2.65. The Morgan fingerprint density at radius 1 is 1.44 bits per heavy atom. The molecule has 1 aliphatic carbocycles. The molecule has 0 spiro atoms. The normalized spacial score (nSPS) is 17.4. The maximum atomic E-state index is 12.0. The molecular formula is C13H12ClNO3. The van der Waals surface area contributed by atoms with Crippen LogP contribution >= 0.6 is 11.6 Å². The van der Waals surface area contributed by atoms with Crippen LogP contribution in [0.15, 0.2) is 18.2 Å². The van der Waals surface area contributed by atoms with Crippen molar-refractivity contribution in [2.45, 2.75) is 25.8 Å². The van der Waals surface area contributed by atoms with Crippen molar-refractivity contribution < 1.29 is 14.4 Å². The number of nitrogens with one attached hydrogen (secondary N) is 1. The molecule has 0 heterocycles. The van der Waals surface area contributed by atoms with Crippen molar-refractivity contribution in [2.75, 3.05) is 0 Å². The average molecular weight is 266 g/mol. The van der Waals surface area contributed by atoms with Crippen molar-refractivity contribution in [1.29, 1.82) is 0 Å². The van der Waals surface area contributed by atoms with E-state index in [0.29, 0.717) is 17.0 Å². The molecule has 1 amide bonds. The number of hydrogen-bond acceptors (Lipinski definition) is 3. The first-order valence-electron chi connectivity index (χ1n) is 5.69. The van der Waals surface area contributed by atoms with Gasteiger partial charge in [0.15, 0.2) is 5.78 Å². The third-order valence-corrected chi connectivity index (χ3v) is 3.19. The number of carbonyl (C=O) groups is 3. The summed E-state index contributed by atoms with van der Waals surface area (Å²) >= 11 is 5.82. The number of hydrogen-bond donors (Lipinski definition) is 1. The Morgan fingerprint density at radius 2 is 2.17 bits per heavy atom. The predicted molar refractivity (Wildman–Crippen MR) is 66.7 cm³/mol. The van der Waals surface area contributed by atoms with E-state index >= 15 is 0 Å². The van der Waals surface area contributed by atoms with Gasteiger partial charge >= 0.3 is 0 Å². The second kappa shape index (κ2) is 4.90. The van der Waals surface area contributed by atoms with E-state index in [4.69, 9.17) is 11.6 Å². The molecular weight excluding hydrogens is 254 g/mol. The summed E-state index contributed by atoms with van der Waals surface area (Å²) in [5.41, 5.74) is 1.37. The van der Waals surface area contributed by atoms with Gasteiger partial charge in [0.25, 0.3) is 5.91 Å². The zero-order chi connectivity index (χ0) is 13.3. The van der Waals surface area contributed by atoms with Gasteiger partial charge in [-0.3, -0.25) is 14.4 Å². The first-order valence-corrected chi connectivity index (χ1v) is 6.07. The van der Waals surface area contributed by atoms with Crippen molar-refractivity contribution in [3.8, 4) is 0 Å². The van der Waals surface area contributed by atoms with Crippen molar-refractivity contribution >= 4 is 29.1 Å². The van der Waals surface area contributed by atoms with Crippen LogP contribution in [0.1, 0.15) is 29.3 Å². The van der Waals surface area contributed by atoms with Gasteiger partial charge in [-0.25, -0.2) is 0 Å². The van der Waals surface area contributed by atoms with E-state index in [-0.39, 0.29) is 12.2 Å². The molecule has 4 nitrogen and oxygen atoms in total. The number of carbonyl (C=O) groups excluding carboxylic acids is 3. The third-order valence-electron chi connectivity index (χ3n) is 2.96. The van der Waals surface area contributed by atoms with Gasteiger partial charge in [-0.05, 0) is 17.7 Å². The van der Waals surface area contributed by atoms with Crippen molar-refractivity contribution in [1.82, 2.24) is 5.32 Å². The van der Waals surface area contributed by atoms with Crippen LogP contribution in [0.25, 0.3) is 0 Å². The molecule has 0 bridgehead atoms. The van der Waals surface area contributed by atoms with Gasteiger partial charge in [0.2, 0.25) is 5.78 Å². The number of halogens is 1. The van der Waals surface area contributed by atoms with Crippen LogP contribution in [0.2, 0.25) is 5.02 Å². The molecule has 0 aliphatic heterocycles. The second-order valence-corrected chi connectivity index (χ2v) is 4.61. The number of ketones is 2. The monoisotopic (exact) mass is 265 g/mol. The minimum Gasteiger partial charge on any atom is -0.339 e. The summed E-state index contributed by atoms with van der Waals surface area (Å²) in [5.74, 6) is -1.41. The summed E-state index contributed by atoms with van der Waals surface area (Å²) < 4.78 is 0. The highest BCUT2D eigenvalue weighted by atomic mass is 35.5. The van der Waals surface area contributed by atoms with Crippen LogP contribution in [-0.2, 0) is 16.0 Å². The van der Waals surface area contributed by atoms with Gasteiger partial charge in [0, 0.05) is 23.4 Å². The summed E-state index contributed by atoms with van der Waals surface area (Å²) in [7, 11) is 0. The minimum absolute atomic E-state index is 0.130. The fourth-order valence-corrected chi connectivity index (χ4v) is 2.14. The molecule has 0 aromatic heterocycles. The summed E-state index contributed by atoms with van der Waals surface area (Å²) in [6, 6.07) is 4.41. The highest BCUT2D eigenvalue weighted by Crippen LogP contribution is 2.25. The molecule has 94 valence electrons. The van der Waals surface area contributed by atoms with E-state index in [2.05, 4.69) is 5.32 Å². The molecule has 0 radical (unpaired) electrons. The highest BCUT2D eigenvalue weighted by Gasteiger charge is 2.32. The van der Waals surface area contributed by atoms with E-state index < -0.39 is 17.7 Å². The molecule has 0 saturated carbocycles. The lowest BCUT2D eigenvalue weighted by molar-refractivity contribution is -0.137. The molecule has 0 saturated heterocycles. The number of fused-ring (bicyclic) bond motifs is 1. The van der Waals surface area contributed by atoms with Gasteiger partial charge in [0.1, 0.15) is 0 Å². The Morgan fingerprint density at radius 3 is 2.83 bits per heavy atom. The quantitative estimate of drug-likeness (QED) is 0.844. The van der Waals surface area contributed by atoms with Gasteiger partial charge in [-0.15, -0.1) is 0 Å². The number of Topliss-reactive ketones (excluding diaryl/α,β-unsaturated/α-hetero) is 2. The Balaban J connectivity index is 2.15. The molecule has 1 aromatic carbocycles. The molecule has 1 N–H and O–H groups in total. The minimum atomic E-state index is -0.699. The van der Waals surface area contributed by atoms with E-state index in [1.54, 1.807) is 25.1 Å². The van der Waals surface area contributed by atoms with E-state index in [1.165, 1.54) is 0 Å². The van der Waals surface area contributed by atoms with Crippen LogP contribution < -0.4 is 5.32 Å². The first-order chi connectivity index (χ1) is 8.52. The first kappa shape index (κ1) is 12.8. The molecule has 1 aliphatic rings. The van der Waals surface area contributed by atoms with Crippen LogP contribution in [-0.4, -0.2) is 23.5 Å². The molecule has 0 fully saturated rings. The Hall–Kier alpha value is -1.68. The van der Waals surface area contributed by atoms with Crippen LogP contribution in [0, 0.1) is 0 Å². The third kappa shape index (κ3) is 2.29. The standard InChI is InChI=1S/C13H12ClNO3/c1-2-11(16)13(18)15-10-5-7-3-4-8(14)6-9(7)12(10)17/h3-4,6,10H,2,5H2,1H3,(H,15,18). The maximum Gasteiger partial charge on any atom is 0.287 e. The van der Waals surface area contributed by atoms with E-state index in [0.717, 1.165) is 5.56 Å². The summed E-state index contributed by atoms with van der Waals surface area (Å²) in [6.45, 7) is 1.60. The van der Waals surface area contributed by atoms with Crippen molar-refractivity contribution in [3.63, 3.8) is 0 Å². The van der Waals surface area contributed by atoms with Crippen LogP contribution in [0.5, 0.6) is 0 Å².